The van der Waals surface area contributed by atoms with Crippen LogP contribution in [0, 0.1) is 5.92 Å². The number of amides is 1. The van der Waals surface area contributed by atoms with Gasteiger partial charge < -0.3 is 20.1 Å². The van der Waals surface area contributed by atoms with Crippen LogP contribution in [0.25, 0.3) is 10.9 Å². The minimum Gasteiger partial charge on any atom is -0.461 e. The van der Waals surface area contributed by atoms with Gasteiger partial charge in [-0.05, 0) is 50.5 Å². The highest BCUT2D eigenvalue weighted by Crippen LogP contribution is 2.28. The summed E-state index contributed by atoms with van der Waals surface area (Å²) in [5, 5.41) is 14.9. The molecule has 158 valence electrons. The van der Waals surface area contributed by atoms with Crippen molar-refractivity contribution in [2.45, 2.75) is 70.6 Å². The summed E-state index contributed by atoms with van der Waals surface area (Å²) in [5.74, 6) is -0.698. The first-order valence-corrected chi connectivity index (χ1v) is 10.7. The summed E-state index contributed by atoms with van der Waals surface area (Å²) in [6.45, 7) is 3.46. The normalized spacial score (nSPS) is 17.3. The largest absolute Gasteiger partial charge is 0.461 e. The number of ether oxygens (including phenoxy) is 1. The molecule has 29 heavy (non-hydrogen) atoms. The van der Waals surface area contributed by atoms with Crippen LogP contribution >= 0.6 is 11.6 Å². The van der Waals surface area contributed by atoms with Gasteiger partial charge in [0.1, 0.15) is 5.69 Å². The number of fused-ring (bicyclic) bond motifs is 1. The number of esters is 1. The van der Waals surface area contributed by atoms with Gasteiger partial charge in [0.15, 0.2) is 6.10 Å². The van der Waals surface area contributed by atoms with Gasteiger partial charge in [0.2, 0.25) is 0 Å². The van der Waals surface area contributed by atoms with Gasteiger partial charge in [0.05, 0.1) is 12.1 Å². The second kappa shape index (κ2) is 9.63. The van der Waals surface area contributed by atoms with Crippen molar-refractivity contribution in [2.75, 3.05) is 0 Å². The molecule has 1 aliphatic rings. The van der Waals surface area contributed by atoms with E-state index in [1.54, 1.807) is 32.0 Å². The van der Waals surface area contributed by atoms with Crippen molar-refractivity contribution >= 4 is 34.4 Å². The van der Waals surface area contributed by atoms with Gasteiger partial charge in [-0.2, -0.15) is 0 Å². The highest BCUT2D eigenvalue weighted by molar-refractivity contribution is 6.31. The summed E-state index contributed by atoms with van der Waals surface area (Å²) in [4.78, 5) is 28.2. The number of halogens is 1. The van der Waals surface area contributed by atoms with Crippen LogP contribution in [0.5, 0.6) is 0 Å². The van der Waals surface area contributed by atoms with Crippen molar-refractivity contribution in [1.29, 1.82) is 0 Å². The predicted octanol–water partition coefficient (Wildman–Crippen LogP) is 4.20. The zero-order chi connectivity index (χ0) is 21.0. The Hall–Kier alpha value is -2.05. The molecule has 1 aliphatic carbocycles. The first-order valence-electron chi connectivity index (χ1n) is 10.3. The molecule has 1 aromatic heterocycles. The van der Waals surface area contributed by atoms with Gasteiger partial charge in [-0.15, -0.1) is 0 Å². The summed E-state index contributed by atoms with van der Waals surface area (Å²) in [6, 6.07) is 6.35. The standard InChI is InChI=1S/C22H29ClN2O4/c1-13(2)29-22(28)20(26)18(10-14-6-4-3-5-7-14)25-21(27)19-12-15-11-16(23)8-9-17(15)24-19/h8-9,11-14,18,20,24,26H,3-7,10H2,1-2H3,(H,25,27)/t18-,20+/m0/s1. The number of aromatic amines is 1. The van der Waals surface area contributed by atoms with Crippen LogP contribution in [-0.2, 0) is 9.53 Å². The van der Waals surface area contributed by atoms with Gasteiger partial charge >= 0.3 is 5.97 Å². The number of aliphatic hydroxyl groups excluding tert-OH is 1. The topological polar surface area (TPSA) is 91.4 Å². The van der Waals surface area contributed by atoms with Crippen LogP contribution in [0.4, 0.5) is 0 Å². The maximum Gasteiger partial charge on any atom is 0.337 e. The lowest BCUT2D eigenvalue weighted by atomic mass is 9.83. The predicted molar refractivity (Wildman–Crippen MR) is 113 cm³/mol. The lowest BCUT2D eigenvalue weighted by Crippen LogP contribution is -2.49. The van der Waals surface area contributed by atoms with Crippen molar-refractivity contribution < 1.29 is 19.4 Å². The molecular formula is C22H29ClN2O4. The third kappa shape index (κ3) is 5.73. The first-order chi connectivity index (χ1) is 13.8. The number of nitrogens with one attached hydrogen (secondary N) is 2. The van der Waals surface area contributed by atoms with Gasteiger partial charge in [-0.3, -0.25) is 4.79 Å². The Morgan fingerprint density at radius 3 is 2.66 bits per heavy atom. The van der Waals surface area contributed by atoms with Gasteiger partial charge in [0.25, 0.3) is 5.91 Å². The minimum absolute atomic E-state index is 0.332. The Morgan fingerprint density at radius 2 is 1.97 bits per heavy atom. The molecule has 0 bridgehead atoms. The molecule has 1 fully saturated rings. The van der Waals surface area contributed by atoms with Crippen LogP contribution in [-0.4, -0.2) is 40.2 Å². The summed E-state index contributed by atoms with van der Waals surface area (Å²) >= 11 is 6.02. The van der Waals surface area contributed by atoms with Gasteiger partial charge in [0, 0.05) is 15.9 Å². The highest BCUT2D eigenvalue weighted by Gasteiger charge is 2.32. The van der Waals surface area contributed by atoms with Crippen LogP contribution in [0.2, 0.25) is 5.02 Å². The second-order valence-corrected chi connectivity index (χ2v) is 8.60. The Kier molecular flexibility index (Phi) is 7.19. The molecule has 1 saturated carbocycles. The number of aromatic nitrogens is 1. The van der Waals surface area contributed by atoms with Crippen molar-refractivity contribution in [1.82, 2.24) is 10.3 Å². The summed E-state index contributed by atoms with van der Waals surface area (Å²) in [5.41, 5.74) is 1.16. The van der Waals surface area contributed by atoms with E-state index in [1.165, 1.54) is 6.42 Å². The molecule has 2 atom stereocenters. The third-order valence-corrected chi connectivity index (χ3v) is 5.67. The van der Waals surface area contributed by atoms with E-state index < -0.39 is 18.1 Å². The molecule has 6 nitrogen and oxygen atoms in total. The minimum atomic E-state index is -1.40. The molecule has 7 heteroatoms. The lowest BCUT2D eigenvalue weighted by molar-refractivity contribution is -0.159. The average molecular weight is 421 g/mol. The maximum absolute atomic E-state index is 12.9. The molecule has 3 rings (SSSR count). The van der Waals surface area contributed by atoms with E-state index >= 15 is 0 Å². The SMILES string of the molecule is CC(C)OC(=O)[C@H](O)[C@H](CC1CCCCC1)NC(=O)c1cc2cc(Cl)ccc2[nH]1. The summed E-state index contributed by atoms with van der Waals surface area (Å²) in [7, 11) is 0. The zero-order valence-corrected chi connectivity index (χ0v) is 17.7. The Labute approximate surface area is 176 Å². The van der Waals surface area contributed by atoms with E-state index in [1.807, 2.05) is 6.07 Å². The molecule has 3 N–H and O–H groups in total. The summed E-state index contributed by atoms with van der Waals surface area (Å²) in [6.07, 6.45) is 4.40. The second-order valence-electron chi connectivity index (χ2n) is 8.16. The quantitative estimate of drug-likeness (QED) is 0.585. The van der Waals surface area contributed by atoms with Crippen LogP contribution in [0.1, 0.15) is 62.9 Å². The van der Waals surface area contributed by atoms with E-state index in [0.29, 0.717) is 23.1 Å². The molecule has 0 unspecified atom stereocenters. The summed E-state index contributed by atoms with van der Waals surface area (Å²) < 4.78 is 5.17. The van der Waals surface area contributed by atoms with Crippen molar-refractivity contribution in [3.63, 3.8) is 0 Å². The number of carbonyl (C=O) groups is 2. The van der Waals surface area contributed by atoms with E-state index in [2.05, 4.69) is 10.3 Å². The van der Waals surface area contributed by atoms with E-state index in [9.17, 15) is 14.7 Å². The van der Waals surface area contributed by atoms with E-state index in [0.717, 1.165) is 36.6 Å². The molecule has 0 saturated heterocycles. The zero-order valence-electron chi connectivity index (χ0n) is 16.9. The molecule has 1 amide bonds. The number of H-pyrrole nitrogens is 1. The monoisotopic (exact) mass is 420 g/mol. The first kappa shape index (κ1) is 21.7. The lowest BCUT2D eigenvalue weighted by Gasteiger charge is -2.29. The maximum atomic E-state index is 12.9. The van der Waals surface area contributed by atoms with Crippen LogP contribution in [0.15, 0.2) is 24.3 Å². The number of hydrogen-bond acceptors (Lipinski definition) is 4. The van der Waals surface area contributed by atoms with Gasteiger partial charge in [-0.1, -0.05) is 43.7 Å². The number of hydrogen-bond donors (Lipinski definition) is 3. The Balaban J connectivity index is 1.76. The van der Waals surface area contributed by atoms with E-state index in [-0.39, 0.29) is 12.0 Å². The van der Waals surface area contributed by atoms with Gasteiger partial charge in [-0.25, -0.2) is 4.79 Å². The number of aliphatic hydroxyl groups is 1. The molecule has 2 aromatic rings. The number of benzene rings is 1. The Bertz CT molecular complexity index is 858. The average Bonchev–Trinajstić information content (AvgIpc) is 3.10. The van der Waals surface area contributed by atoms with E-state index in [4.69, 9.17) is 16.3 Å². The fraction of sp³-hybridized carbons (Fsp3) is 0.545. The molecule has 0 radical (unpaired) electrons. The van der Waals surface area contributed by atoms with Crippen molar-refractivity contribution in [2.24, 2.45) is 5.92 Å². The van der Waals surface area contributed by atoms with Crippen molar-refractivity contribution in [3.8, 4) is 0 Å². The Morgan fingerprint density at radius 1 is 1.24 bits per heavy atom. The fourth-order valence-electron chi connectivity index (χ4n) is 3.99. The molecule has 1 heterocycles. The smallest absolute Gasteiger partial charge is 0.337 e. The van der Waals surface area contributed by atoms with Crippen molar-refractivity contribution in [3.05, 3.63) is 35.0 Å². The number of carbonyl (C=O) groups excluding carboxylic acids is 2. The number of rotatable bonds is 7. The molecule has 1 aromatic carbocycles. The van der Waals surface area contributed by atoms with Crippen LogP contribution < -0.4 is 5.32 Å². The van der Waals surface area contributed by atoms with Crippen LogP contribution in [0.3, 0.4) is 0 Å². The molecular weight excluding hydrogens is 392 g/mol. The third-order valence-electron chi connectivity index (χ3n) is 5.43. The highest BCUT2D eigenvalue weighted by atomic mass is 35.5. The fourth-order valence-corrected chi connectivity index (χ4v) is 4.17. The molecule has 0 aliphatic heterocycles. The molecule has 0 spiro atoms.